The molecular weight excluding hydrogens is 400 g/mol. The van der Waals surface area contributed by atoms with Gasteiger partial charge in [0.1, 0.15) is 5.56 Å². The summed E-state index contributed by atoms with van der Waals surface area (Å²) >= 11 is 0. The molecule has 0 spiro atoms. The van der Waals surface area contributed by atoms with E-state index in [1.54, 1.807) is 6.07 Å². The molecule has 31 heavy (non-hydrogen) atoms. The summed E-state index contributed by atoms with van der Waals surface area (Å²) in [5.74, 6) is 0.575. The highest BCUT2D eigenvalue weighted by molar-refractivity contribution is 5.62. The largest absolute Gasteiger partial charge is 0.465 e. The summed E-state index contributed by atoms with van der Waals surface area (Å²) in [6.07, 6.45) is 1.14. The molecule has 1 unspecified atom stereocenters. The first kappa shape index (κ1) is 19.1. The minimum absolute atomic E-state index is 0.0733. The number of rotatable bonds is 4. The molecule has 0 bridgehead atoms. The molecule has 1 fully saturated rings. The molecular formula is C22H20N4O5. The maximum Gasteiger partial charge on any atom is 0.328 e. The lowest BCUT2D eigenvalue weighted by atomic mass is 9.88. The number of nitrogens with one attached hydrogen (secondary N) is 2. The van der Waals surface area contributed by atoms with Crippen molar-refractivity contribution in [1.82, 2.24) is 9.97 Å². The van der Waals surface area contributed by atoms with E-state index in [9.17, 15) is 19.7 Å². The molecule has 0 aliphatic carbocycles. The number of piperidine rings is 1. The Kier molecular flexibility index (Phi) is 4.58. The van der Waals surface area contributed by atoms with Crippen LogP contribution >= 0.6 is 0 Å². The van der Waals surface area contributed by atoms with Crippen LogP contribution in [0, 0.1) is 10.1 Å². The number of aromatic amines is 2. The van der Waals surface area contributed by atoms with Gasteiger partial charge in [-0.05, 0) is 30.4 Å². The molecule has 3 heterocycles. The number of hydrogen-bond donors (Lipinski definition) is 2. The Bertz CT molecular complexity index is 1260. The van der Waals surface area contributed by atoms with E-state index >= 15 is 0 Å². The van der Waals surface area contributed by atoms with Gasteiger partial charge in [-0.15, -0.1) is 0 Å². The minimum Gasteiger partial charge on any atom is -0.465 e. The van der Waals surface area contributed by atoms with E-state index in [0.29, 0.717) is 11.5 Å². The van der Waals surface area contributed by atoms with E-state index < -0.39 is 22.3 Å². The van der Waals surface area contributed by atoms with E-state index in [4.69, 9.17) is 4.74 Å². The summed E-state index contributed by atoms with van der Waals surface area (Å²) in [4.78, 5) is 41.5. The predicted octanol–water partition coefficient (Wildman–Crippen LogP) is 2.84. The van der Waals surface area contributed by atoms with Crippen LogP contribution in [-0.4, -0.2) is 28.0 Å². The average molecular weight is 420 g/mol. The van der Waals surface area contributed by atoms with Gasteiger partial charge in [-0.2, -0.15) is 0 Å². The zero-order valence-corrected chi connectivity index (χ0v) is 16.5. The van der Waals surface area contributed by atoms with Crippen molar-refractivity contribution in [2.24, 2.45) is 0 Å². The maximum absolute atomic E-state index is 12.3. The molecule has 2 aromatic carbocycles. The quantitative estimate of drug-likeness (QED) is 0.494. The number of fused-ring (bicyclic) bond motifs is 1. The smallest absolute Gasteiger partial charge is 0.328 e. The van der Waals surface area contributed by atoms with Gasteiger partial charge in [0.2, 0.25) is 5.88 Å². The van der Waals surface area contributed by atoms with Gasteiger partial charge in [0.15, 0.2) is 6.10 Å². The molecule has 2 aliphatic rings. The molecule has 0 radical (unpaired) electrons. The molecule has 5 rings (SSSR count). The summed E-state index contributed by atoms with van der Waals surface area (Å²) in [6.45, 7) is 1.57. The average Bonchev–Trinajstić information content (AvgIpc) is 2.76. The summed E-state index contributed by atoms with van der Waals surface area (Å²) in [6, 6.07) is 15.0. The van der Waals surface area contributed by atoms with Gasteiger partial charge in [0.25, 0.3) is 11.2 Å². The molecule has 0 amide bonds. The molecule has 2 aliphatic heterocycles. The van der Waals surface area contributed by atoms with Crippen molar-refractivity contribution in [3.05, 3.63) is 96.2 Å². The number of hydrogen-bond acceptors (Lipinski definition) is 6. The third-order valence-corrected chi connectivity index (χ3v) is 6.05. The van der Waals surface area contributed by atoms with Crippen LogP contribution in [0.2, 0.25) is 0 Å². The van der Waals surface area contributed by atoms with Crippen molar-refractivity contribution < 1.29 is 9.66 Å². The molecule has 0 saturated carbocycles. The number of aromatic nitrogens is 2. The zero-order valence-electron chi connectivity index (χ0n) is 16.5. The van der Waals surface area contributed by atoms with Gasteiger partial charge < -0.3 is 9.64 Å². The van der Waals surface area contributed by atoms with Gasteiger partial charge in [0.05, 0.1) is 4.92 Å². The Hall–Kier alpha value is -3.88. The lowest BCUT2D eigenvalue weighted by Crippen LogP contribution is -2.38. The normalized spacial score (nSPS) is 18.1. The van der Waals surface area contributed by atoms with Gasteiger partial charge in [-0.1, -0.05) is 30.3 Å². The molecule has 2 N–H and O–H groups in total. The number of nitro groups is 1. The molecule has 9 nitrogen and oxygen atoms in total. The topological polar surface area (TPSA) is 121 Å². The first-order chi connectivity index (χ1) is 15.0. The monoisotopic (exact) mass is 420 g/mol. The van der Waals surface area contributed by atoms with Crippen molar-refractivity contribution >= 4 is 11.4 Å². The second kappa shape index (κ2) is 7.42. The lowest BCUT2D eigenvalue weighted by Gasteiger charge is -2.37. The number of nitro benzene ring substituents is 1. The highest BCUT2D eigenvalue weighted by Gasteiger charge is 2.38. The minimum atomic E-state index is -0.766. The Morgan fingerprint density at radius 1 is 1.03 bits per heavy atom. The summed E-state index contributed by atoms with van der Waals surface area (Å²) < 4.78 is 5.66. The maximum atomic E-state index is 12.3. The van der Waals surface area contributed by atoms with Crippen LogP contribution in [0.15, 0.2) is 58.1 Å². The molecule has 1 aromatic heterocycles. The van der Waals surface area contributed by atoms with Crippen LogP contribution in [0.1, 0.15) is 41.6 Å². The van der Waals surface area contributed by atoms with Crippen molar-refractivity contribution in [1.29, 1.82) is 0 Å². The van der Waals surface area contributed by atoms with Crippen molar-refractivity contribution in [3.8, 4) is 5.88 Å². The number of ether oxygens (including phenoxy) is 1. The first-order valence-electron chi connectivity index (χ1n) is 10.1. The molecule has 158 valence electrons. The Morgan fingerprint density at radius 3 is 2.45 bits per heavy atom. The van der Waals surface area contributed by atoms with Crippen LogP contribution in [0.4, 0.5) is 11.4 Å². The van der Waals surface area contributed by atoms with E-state index in [0.717, 1.165) is 31.6 Å². The Labute approximate surface area is 176 Å². The van der Waals surface area contributed by atoms with Gasteiger partial charge in [-0.3, -0.25) is 24.9 Å². The molecule has 1 saturated heterocycles. The number of nitrogens with zero attached hydrogens (tertiary/aromatic N) is 2. The van der Waals surface area contributed by atoms with E-state index in [1.165, 1.54) is 17.7 Å². The van der Waals surface area contributed by atoms with E-state index in [1.807, 2.05) is 18.2 Å². The van der Waals surface area contributed by atoms with Gasteiger partial charge >= 0.3 is 5.69 Å². The van der Waals surface area contributed by atoms with Gasteiger partial charge in [0, 0.05) is 36.5 Å². The fourth-order valence-corrected chi connectivity index (χ4v) is 4.48. The molecule has 3 aromatic rings. The molecule has 1 atom stereocenters. The standard InChI is InChI=1S/C22H20N4O5/c27-20-18-19(31-21(18)24-22(28)23-20)16-12-15(26(29)30)6-7-17(16)25-10-8-14(9-11-25)13-4-2-1-3-5-13/h1-7,12,14,19H,8-11H2,(H2,23,24,27,28). The molecule has 9 heteroatoms. The Morgan fingerprint density at radius 2 is 1.77 bits per heavy atom. The number of non-ortho nitro benzene ring substituents is 1. The van der Waals surface area contributed by atoms with E-state index in [-0.39, 0.29) is 17.1 Å². The highest BCUT2D eigenvalue weighted by atomic mass is 16.6. The van der Waals surface area contributed by atoms with Crippen molar-refractivity contribution in [2.75, 3.05) is 18.0 Å². The second-order valence-corrected chi connectivity index (χ2v) is 7.82. The summed E-state index contributed by atoms with van der Waals surface area (Å²) in [5, 5.41) is 11.4. The SMILES string of the molecule is O=c1[nH]c2c(c(=O)[nH]1)C(c1cc([N+](=O)[O-])ccc1N1CCC(c3ccccc3)CC1)O2. The van der Waals surface area contributed by atoms with Crippen LogP contribution in [0.25, 0.3) is 0 Å². The highest BCUT2D eigenvalue weighted by Crippen LogP contribution is 2.44. The summed E-state index contributed by atoms with van der Waals surface area (Å²) in [7, 11) is 0. The van der Waals surface area contributed by atoms with Crippen molar-refractivity contribution in [3.63, 3.8) is 0 Å². The van der Waals surface area contributed by atoms with Crippen LogP contribution in [0.5, 0.6) is 5.88 Å². The van der Waals surface area contributed by atoms with Crippen LogP contribution in [0.3, 0.4) is 0 Å². The number of benzene rings is 2. The van der Waals surface area contributed by atoms with Crippen molar-refractivity contribution in [2.45, 2.75) is 24.9 Å². The van der Waals surface area contributed by atoms with E-state index in [2.05, 4.69) is 27.0 Å². The summed E-state index contributed by atoms with van der Waals surface area (Å²) in [5.41, 5.74) is 1.68. The lowest BCUT2D eigenvalue weighted by molar-refractivity contribution is -0.384. The predicted molar refractivity (Wildman–Crippen MR) is 114 cm³/mol. The fourth-order valence-electron chi connectivity index (χ4n) is 4.48. The Balaban J connectivity index is 1.47. The number of anilines is 1. The first-order valence-corrected chi connectivity index (χ1v) is 10.1. The number of H-pyrrole nitrogens is 2. The van der Waals surface area contributed by atoms with Crippen LogP contribution in [-0.2, 0) is 0 Å². The third-order valence-electron chi connectivity index (χ3n) is 6.05. The fraction of sp³-hybridized carbons (Fsp3) is 0.273. The third kappa shape index (κ3) is 3.37. The van der Waals surface area contributed by atoms with Gasteiger partial charge in [-0.25, -0.2) is 4.79 Å². The van der Waals surface area contributed by atoms with Crippen LogP contribution < -0.4 is 20.9 Å². The second-order valence-electron chi connectivity index (χ2n) is 7.82. The zero-order chi connectivity index (χ0) is 21.5.